The van der Waals surface area contributed by atoms with Gasteiger partial charge >= 0.3 is 16.1 Å². The Bertz CT molecular complexity index is 1290. The molecule has 2 amide bonds. The zero-order valence-electron chi connectivity index (χ0n) is 19.1. The Balaban J connectivity index is 1.91. The van der Waals surface area contributed by atoms with Crippen molar-refractivity contribution < 1.29 is 36.5 Å². The lowest BCUT2D eigenvalue weighted by Gasteiger charge is -2.15. The minimum Gasteiger partial charge on any atom is -0.490 e. The highest BCUT2D eigenvalue weighted by atomic mass is 127. The van der Waals surface area contributed by atoms with Crippen molar-refractivity contribution in [1.29, 1.82) is 0 Å². The van der Waals surface area contributed by atoms with E-state index in [2.05, 4.69) is 0 Å². The SMILES string of the molecule is CCOC(=O)CN1C(=O)S/C(=C\c2cc(I)c(OS(=O)(=O)c3ccc(C)cc3)c(OCC)c2)C1=O. The van der Waals surface area contributed by atoms with Gasteiger partial charge in [-0.15, -0.1) is 0 Å². The summed E-state index contributed by atoms with van der Waals surface area (Å²) in [7, 11) is -4.12. The van der Waals surface area contributed by atoms with Crippen LogP contribution in [0.1, 0.15) is 25.0 Å². The number of carbonyl (C=O) groups excluding carboxylic acids is 3. The molecule has 1 aliphatic rings. The van der Waals surface area contributed by atoms with Gasteiger partial charge in [0, 0.05) is 0 Å². The number of hydrogen-bond donors (Lipinski definition) is 0. The molecule has 12 heteroatoms. The number of halogens is 1. The summed E-state index contributed by atoms with van der Waals surface area (Å²) in [6, 6.07) is 9.37. The van der Waals surface area contributed by atoms with Gasteiger partial charge < -0.3 is 13.7 Å². The number of hydrogen-bond acceptors (Lipinski definition) is 9. The number of imide groups is 1. The zero-order chi connectivity index (χ0) is 25.8. The van der Waals surface area contributed by atoms with Gasteiger partial charge in [-0.25, -0.2) is 0 Å². The second-order valence-corrected chi connectivity index (χ2v) is 10.9. The maximum Gasteiger partial charge on any atom is 0.339 e. The smallest absolute Gasteiger partial charge is 0.339 e. The molecule has 2 aromatic rings. The minimum absolute atomic E-state index is 0.000647. The largest absolute Gasteiger partial charge is 0.490 e. The van der Waals surface area contributed by atoms with Crippen LogP contribution in [0.15, 0.2) is 46.2 Å². The van der Waals surface area contributed by atoms with Gasteiger partial charge in [0.25, 0.3) is 11.1 Å². The van der Waals surface area contributed by atoms with Gasteiger partial charge in [0.1, 0.15) is 11.4 Å². The van der Waals surface area contributed by atoms with Crippen molar-refractivity contribution in [3.05, 3.63) is 56.0 Å². The molecule has 3 rings (SSSR count). The predicted octanol–water partition coefficient (Wildman–Crippen LogP) is 4.37. The van der Waals surface area contributed by atoms with E-state index in [-0.39, 0.29) is 34.5 Å². The molecule has 0 aliphatic carbocycles. The third-order valence-electron chi connectivity index (χ3n) is 4.60. The van der Waals surface area contributed by atoms with Crippen molar-refractivity contribution in [2.75, 3.05) is 19.8 Å². The van der Waals surface area contributed by atoms with Crippen LogP contribution in [0.4, 0.5) is 4.79 Å². The van der Waals surface area contributed by atoms with Gasteiger partial charge in [-0.05, 0) is 91.0 Å². The molecule has 0 unspecified atom stereocenters. The minimum atomic E-state index is -4.12. The Labute approximate surface area is 221 Å². The first-order valence-corrected chi connectivity index (χ1v) is 13.7. The van der Waals surface area contributed by atoms with Gasteiger partial charge in [0.05, 0.1) is 21.7 Å². The first-order chi connectivity index (χ1) is 16.6. The number of thioether (sulfide) groups is 1. The Kier molecular flexibility index (Phi) is 8.83. The number of rotatable bonds is 9. The molecule has 186 valence electrons. The molecule has 0 radical (unpaired) electrons. The van der Waals surface area contributed by atoms with Crippen LogP contribution in [0.5, 0.6) is 11.5 Å². The van der Waals surface area contributed by atoms with Crippen LogP contribution in [0, 0.1) is 10.5 Å². The molecule has 1 fully saturated rings. The molecule has 1 saturated heterocycles. The fraction of sp³-hybridized carbons (Fsp3) is 0.261. The highest BCUT2D eigenvalue weighted by Crippen LogP contribution is 2.38. The van der Waals surface area contributed by atoms with E-state index in [4.69, 9.17) is 13.7 Å². The van der Waals surface area contributed by atoms with Gasteiger partial charge in [0.2, 0.25) is 0 Å². The maximum absolute atomic E-state index is 12.8. The maximum atomic E-state index is 12.8. The molecule has 0 aromatic heterocycles. The van der Waals surface area contributed by atoms with E-state index in [9.17, 15) is 22.8 Å². The lowest BCUT2D eigenvalue weighted by atomic mass is 10.2. The van der Waals surface area contributed by atoms with E-state index in [1.165, 1.54) is 24.3 Å². The summed E-state index contributed by atoms with van der Waals surface area (Å²) < 4.78 is 41.9. The topological polar surface area (TPSA) is 116 Å². The monoisotopic (exact) mass is 631 g/mol. The standard InChI is InChI=1S/C23H22INO8S2/c1-4-31-18-11-15(12-19-22(27)25(23(28)34-19)13-20(26)32-5-2)10-17(24)21(18)33-35(29,30)16-8-6-14(3)7-9-16/h6-12H,4-5,13H2,1-3H3/b19-12-. The summed E-state index contributed by atoms with van der Waals surface area (Å²) in [6.07, 6.45) is 1.47. The van der Waals surface area contributed by atoms with Crippen LogP contribution in [-0.2, 0) is 24.4 Å². The normalized spacial score (nSPS) is 15.0. The van der Waals surface area contributed by atoms with E-state index < -0.39 is 33.8 Å². The first kappa shape index (κ1) is 27.0. The molecule has 35 heavy (non-hydrogen) atoms. The Hall–Kier alpha value is -2.58. The molecule has 1 aliphatic heterocycles. The Morgan fingerprint density at radius 2 is 1.80 bits per heavy atom. The predicted molar refractivity (Wildman–Crippen MR) is 139 cm³/mol. The van der Waals surface area contributed by atoms with Crippen molar-refractivity contribution in [2.24, 2.45) is 0 Å². The lowest BCUT2D eigenvalue weighted by Crippen LogP contribution is -2.34. The molecule has 9 nitrogen and oxygen atoms in total. The molecule has 0 bridgehead atoms. The van der Waals surface area contributed by atoms with Gasteiger partial charge in [0.15, 0.2) is 11.5 Å². The van der Waals surface area contributed by atoms with E-state index in [1.54, 1.807) is 32.0 Å². The number of benzene rings is 2. The fourth-order valence-electron chi connectivity index (χ4n) is 3.00. The summed E-state index contributed by atoms with van der Waals surface area (Å²) in [5.74, 6) is -1.13. The molecular formula is C23H22INO8S2. The van der Waals surface area contributed by atoms with Crippen LogP contribution in [0.3, 0.4) is 0 Å². The van der Waals surface area contributed by atoms with E-state index in [1.807, 2.05) is 29.5 Å². The summed E-state index contributed by atoms with van der Waals surface area (Å²) in [5.41, 5.74) is 1.39. The number of aryl methyl sites for hydroxylation is 1. The third kappa shape index (κ3) is 6.55. The van der Waals surface area contributed by atoms with E-state index in [0.29, 0.717) is 20.9 Å². The van der Waals surface area contributed by atoms with Crippen LogP contribution >= 0.6 is 34.4 Å². The summed E-state index contributed by atoms with van der Waals surface area (Å²) in [6.45, 7) is 5.11. The highest BCUT2D eigenvalue weighted by Gasteiger charge is 2.36. The van der Waals surface area contributed by atoms with Crippen LogP contribution < -0.4 is 8.92 Å². The molecule has 0 atom stereocenters. The quantitative estimate of drug-likeness (QED) is 0.172. The van der Waals surface area contributed by atoms with Crippen LogP contribution in [-0.4, -0.2) is 50.2 Å². The molecule has 0 spiro atoms. The van der Waals surface area contributed by atoms with Crippen molar-refractivity contribution in [2.45, 2.75) is 25.7 Å². The lowest BCUT2D eigenvalue weighted by molar-refractivity contribution is -0.145. The Morgan fingerprint density at radius 3 is 2.43 bits per heavy atom. The summed E-state index contributed by atoms with van der Waals surface area (Å²) >= 11 is 2.61. The average molecular weight is 631 g/mol. The zero-order valence-corrected chi connectivity index (χ0v) is 22.9. The fourth-order valence-corrected chi connectivity index (χ4v) is 5.68. The number of ether oxygens (including phenoxy) is 2. The second-order valence-electron chi connectivity index (χ2n) is 7.19. The summed E-state index contributed by atoms with van der Waals surface area (Å²) in [4.78, 5) is 37.5. The highest BCUT2D eigenvalue weighted by molar-refractivity contribution is 14.1. The summed E-state index contributed by atoms with van der Waals surface area (Å²) in [5, 5.41) is -0.585. The van der Waals surface area contributed by atoms with Gasteiger partial charge in [-0.2, -0.15) is 8.42 Å². The number of nitrogens with zero attached hydrogens (tertiary/aromatic N) is 1. The number of carbonyl (C=O) groups is 3. The molecule has 0 N–H and O–H groups in total. The molecule has 1 heterocycles. The van der Waals surface area contributed by atoms with Crippen molar-refractivity contribution in [1.82, 2.24) is 4.90 Å². The van der Waals surface area contributed by atoms with Crippen molar-refractivity contribution in [3.8, 4) is 11.5 Å². The van der Waals surface area contributed by atoms with Gasteiger partial charge in [-0.3, -0.25) is 19.3 Å². The molecular weight excluding hydrogens is 609 g/mol. The average Bonchev–Trinajstić information content (AvgIpc) is 3.04. The second kappa shape index (κ2) is 11.4. The third-order valence-corrected chi connectivity index (χ3v) is 7.54. The molecule has 0 saturated carbocycles. The van der Waals surface area contributed by atoms with Crippen molar-refractivity contribution >= 4 is 67.7 Å². The number of esters is 1. The van der Waals surface area contributed by atoms with E-state index in [0.717, 1.165) is 10.5 Å². The van der Waals surface area contributed by atoms with Crippen molar-refractivity contribution in [3.63, 3.8) is 0 Å². The number of amides is 2. The molecule has 2 aromatic carbocycles. The van der Waals surface area contributed by atoms with Crippen LogP contribution in [0.2, 0.25) is 0 Å². The van der Waals surface area contributed by atoms with Gasteiger partial charge in [-0.1, -0.05) is 17.7 Å². The first-order valence-electron chi connectivity index (χ1n) is 10.4. The van der Waals surface area contributed by atoms with E-state index >= 15 is 0 Å². The Morgan fingerprint density at radius 1 is 1.11 bits per heavy atom. The van der Waals surface area contributed by atoms with Crippen LogP contribution in [0.25, 0.3) is 6.08 Å².